The molecular weight excluding hydrogens is 362 g/mol. The summed E-state index contributed by atoms with van der Waals surface area (Å²) in [5.41, 5.74) is 0.0740. The highest BCUT2D eigenvalue weighted by Crippen LogP contribution is 2.20. The fourth-order valence-corrected chi connectivity index (χ4v) is 3.10. The molecule has 0 spiro atoms. The first-order valence-corrected chi connectivity index (χ1v) is 9.35. The molecule has 0 saturated carbocycles. The SMILES string of the molecule is CC(C)(C)OC(=O)N1CCCC(C(=O)OCc2cc(=O)n3ccccc3n2)C1. The third kappa shape index (κ3) is 4.88. The zero-order valence-corrected chi connectivity index (χ0v) is 16.4. The maximum atomic E-state index is 12.5. The lowest BCUT2D eigenvalue weighted by Gasteiger charge is -2.33. The van der Waals surface area contributed by atoms with Gasteiger partial charge in [-0.3, -0.25) is 14.0 Å². The number of nitrogens with zero attached hydrogens (tertiary/aromatic N) is 3. The van der Waals surface area contributed by atoms with Crippen LogP contribution in [0.2, 0.25) is 0 Å². The number of rotatable bonds is 3. The zero-order chi connectivity index (χ0) is 20.3. The number of piperidine rings is 1. The van der Waals surface area contributed by atoms with Crippen LogP contribution in [0.3, 0.4) is 0 Å². The fourth-order valence-electron chi connectivity index (χ4n) is 3.10. The highest BCUT2D eigenvalue weighted by molar-refractivity contribution is 5.75. The molecule has 2 aromatic heterocycles. The van der Waals surface area contributed by atoms with E-state index in [0.717, 1.165) is 0 Å². The Morgan fingerprint density at radius 3 is 2.82 bits per heavy atom. The molecule has 2 aromatic rings. The number of fused-ring (bicyclic) bond motifs is 1. The molecule has 1 unspecified atom stereocenters. The Morgan fingerprint density at radius 2 is 2.07 bits per heavy atom. The molecule has 1 amide bonds. The van der Waals surface area contributed by atoms with Crippen molar-refractivity contribution in [1.82, 2.24) is 14.3 Å². The molecule has 8 nitrogen and oxygen atoms in total. The van der Waals surface area contributed by atoms with Crippen LogP contribution in [-0.2, 0) is 20.9 Å². The highest BCUT2D eigenvalue weighted by atomic mass is 16.6. The quantitative estimate of drug-likeness (QED) is 0.751. The van der Waals surface area contributed by atoms with Crippen molar-refractivity contribution in [2.24, 2.45) is 5.92 Å². The summed E-state index contributed by atoms with van der Waals surface area (Å²) in [7, 11) is 0. The molecule has 8 heteroatoms. The zero-order valence-electron chi connectivity index (χ0n) is 16.4. The first kappa shape index (κ1) is 19.9. The summed E-state index contributed by atoms with van der Waals surface area (Å²) in [6, 6.07) is 6.60. The van der Waals surface area contributed by atoms with E-state index in [2.05, 4.69) is 4.98 Å². The van der Waals surface area contributed by atoms with Crippen LogP contribution in [0.15, 0.2) is 35.3 Å². The Hall–Kier alpha value is -2.90. The molecule has 0 radical (unpaired) electrons. The molecule has 1 atom stereocenters. The second-order valence-corrected chi connectivity index (χ2v) is 7.89. The van der Waals surface area contributed by atoms with Gasteiger partial charge in [0.25, 0.3) is 5.56 Å². The van der Waals surface area contributed by atoms with E-state index in [1.807, 2.05) is 0 Å². The Kier molecular flexibility index (Phi) is 5.67. The Labute approximate surface area is 163 Å². The Balaban J connectivity index is 1.60. The predicted molar refractivity (Wildman–Crippen MR) is 102 cm³/mol. The van der Waals surface area contributed by atoms with E-state index < -0.39 is 23.6 Å². The van der Waals surface area contributed by atoms with Crippen LogP contribution in [0.25, 0.3) is 5.65 Å². The summed E-state index contributed by atoms with van der Waals surface area (Å²) in [6.45, 7) is 6.16. The van der Waals surface area contributed by atoms with Crippen LogP contribution in [0, 0.1) is 5.92 Å². The number of aromatic nitrogens is 2. The van der Waals surface area contributed by atoms with Gasteiger partial charge in [-0.25, -0.2) is 9.78 Å². The number of likely N-dealkylation sites (tertiary alicyclic amines) is 1. The van der Waals surface area contributed by atoms with Gasteiger partial charge in [-0.15, -0.1) is 0 Å². The minimum Gasteiger partial charge on any atom is -0.459 e. The molecule has 28 heavy (non-hydrogen) atoms. The number of pyridine rings is 1. The van der Waals surface area contributed by atoms with Gasteiger partial charge < -0.3 is 14.4 Å². The minimum atomic E-state index is -0.583. The Bertz CT molecular complexity index is 931. The maximum absolute atomic E-state index is 12.5. The van der Waals surface area contributed by atoms with Crippen molar-refractivity contribution < 1.29 is 19.1 Å². The van der Waals surface area contributed by atoms with Crippen molar-refractivity contribution in [2.75, 3.05) is 13.1 Å². The van der Waals surface area contributed by atoms with E-state index >= 15 is 0 Å². The maximum Gasteiger partial charge on any atom is 0.410 e. The summed E-state index contributed by atoms with van der Waals surface area (Å²) in [6.07, 6.45) is 2.56. The Morgan fingerprint density at radius 1 is 1.29 bits per heavy atom. The van der Waals surface area contributed by atoms with Gasteiger partial charge >= 0.3 is 12.1 Å². The molecule has 1 saturated heterocycles. The van der Waals surface area contributed by atoms with Crippen LogP contribution in [0.1, 0.15) is 39.3 Å². The number of carbonyl (C=O) groups excluding carboxylic acids is 2. The van der Waals surface area contributed by atoms with E-state index in [1.54, 1.807) is 50.1 Å². The second-order valence-electron chi connectivity index (χ2n) is 7.89. The molecule has 3 heterocycles. The summed E-state index contributed by atoms with van der Waals surface area (Å²) in [5, 5.41) is 0. The number of esters is 1. The van der Waals surface area contributed by atoms with Gasteiger partial charge in [0.2, 0.25) is 0 Å². The summed E-state index contributed by atoms with van der Waals surface area (Å²) < 4.78 is 12.2. The van der Waals surface area contributed by atoms with Crippen LogP contribution in [-0.4, -0.2) is 45.0 Å². The summed E-state index contributed by atoms with van der Waals surface area (Å²) >= 11 is 0. The molecule has 0 aliphatic carbocycles. The van der Waals surface area contributed by atoms with Crippen molar-refractivity contribution in [3.05, 3.63) is 46.5 Å². The van der Waals surface area contributed by atoms with Crippen molar-refractivity contribution >= 4 is 17.7 Å². The van der Waals surface area contributed by atoms with Crippen LogP contribution in [0.5, 0.6) is 0 Å². The number of ether oxygens (including phenoxy) is 2. The first-order chi connectivity index (χ1) is 13.2. The van der Waals surface area contributed by atoms with Gasteiger partial charge in [-0.1, -0.05) is 6.07 Å². The smallest absolute Gasteiger partial charge is 0.410 e. The van der Waals surface area contributed by atoms with Gasteiger partial charge in [-0.2, -0.15) is 0 Å². The molecule has 0 bridgehead atoms. The minimum absolute atomic E-state index is 0.0809. The van der Waals surface area contributed by atoms with Gasteiger partial charge in [0.15, 0.2) is 0 Å². The molecule has 3 rings (SSSR count). The van der Waals surface area contributed by atoms with Gasteiger partial charge in [0.1, 0.15) is 17.9 Å². The van der Waals surface area contributed by atoms with Gasteiger partial charge in [0.05, 0.1) is 11.6 Å². The normalized spacial score (nSPS) is 17.4. The van der Waals surface area contributed by atoms with E-state index in [-0.39, 0.29) is 18.7 Å². The predicted octanol–water partition coefficient (Wildman–Crippen LogP) is 2.38. The van der Waals surface area contributed by atoms with Gasteiger partial charge in [-0.05, 0) is 45.7 Å². The molecular formula is C20H25N3O5. The van der Waals surface area contributed by atoms with Crippen molar-refractivity contribution in [2.45, 2.75) is 45.8 Å². The molecule has 0 aromatic carbocycles. The van der Waals surface area contributed by atoms with Crippen molar-refractivity contribution in [3.8, 4) is 0 Å². The topological polar surface area (TPSA) is 90.2 Å². The summed E-state index contributed by atoms with van der Waals surface area (Å²) in [4.78, 5) is 42.7. The van der Waals surface area contributed by atoms with Crippen LogP contribution >= 0.6 is 0 Å². The van der Waals surface area contributed by atoms with Gasteiger partial charge in [0, 0.05) is 25.4 Å². The van der Waals surface area contributed by atoms with E-state index in [1.165, 1.54) is 10.5 Å². The fraction of sp³-hybridized carbons (Fsp3) is 0.500. The standard InChI is InChI=1S/C20H25N3O5/c1-20(2,3)28-19(26)22-9-6-7-14(12-22)18(25)27-13-15-11-17(24)23-10-5-4-8-16(23)21-15/h4-5,8,10-11,14H,6-7,9,12-13H2,1-3H3. The highest BCUT2D eigenvalue weighted by Gasteiger charge is 2.31. The average molecular weight is 387 g/mol. The molecule has 1 fully saturated rings. The lowest BCUT2D eigenvalue weighted by Crippen LogP contribution is -2.45. The van der Waals surface area contributed by atoms with E-state index in [0.29, 0.717) is 30.7 Å². The molecule has 1 aliphatic heterocycles. The molecule has 1 aliphatic rings. The van der Waals surface area contributed by atoms with E-state index in [9.17, 15) is 14.4 Å². The number of hydrogen-bond acceptors (Lipinski definition) is 6. The average Bonchev–Trinajstić information content (AvgIpc) is 2.65. The van der Waals surface area contributed by atoms with Crippen molar-refractivity contribution in [1.29, 1.82) is 0 Å². The monoisotopic (exact) mass is 387 g/mol. The van der Waals surface area contributed by atoms with Crippen LogP contribution in [0.4, 0.5) is 4.79 Å². The first-order valence-electron chi connectivity index (χ1n) is 9.35. The molecule has 0 N–H and O–H groups in total. The summed E-state index contributed by atoms with van der Waals surface area (Å²) in [5.74, 6) is -0.814. The third-order valence-corrected chi connectivity index (χ3v) is 4.39. The third-order valence-electron chi connectivity index (χ3n) is 4.39. The second kappa shape index (κ2) is 8.00. The number of hydrogen-bond donors (Lipinski definition) is 0. The largest absolute Gasteiger partial charge is 0.459 e. The van der Waals surface area contributed by atoms with Crippen molar-refractivity contribution in [3.63, 3.8) is 0 Å². The lowest BCUT2D eigenvalue weighted by molar-refractivity contribution is -0.151. The molecule has 150 valence electrons. The number of carbonyl (C=O) groups is 2. The van der Waals surface area contributed by atoms with Crippen LogP contribution < -0.4 is 5.56 Å². The lowest BCUT2D eigenvalue weighted by atomic mass is 9.98. The number of amides is 1. The van der Waals surface area contributed by atoms with E-state index in [4.69, 9.17) is 9.47 Å².